The van der Waals surface area contributed by atoms with E-state index >= 15 is 0 Å². The summed E-state index contributed by atoms with van der Waals surface area (Å²) >= 11 is 0. The van der Waals surface area contributed by atoms with Crippen molar-refractivity contribution < 1.29 is 0 Å². The van der Waals surface area contributed by atoms with Gasteiger partial charge in [-0.1, -0.05) is 13.5 Å². The Balaban J connectivity index is 2.83. The summed E-state index contributed by atoms with van der Waals surface area (Å²) < 4.78 is 0. The van der Waals surface area contributed by atoms with E-state index in [0.29, 0.717) is 0 Å². The fourth-order valence-electron chi connectivity index (χ4n) is 0.427. The first-order chi connectivity index (χ1) is 3.31. The van der Waals surface area contributed by atoms with Gasteiger partial charge in [0, 0.05) is 15.2 Å². The smallest absolute Gasteiger partial charge is 0.0429 e. The highest BCUT2D eigenvalue weighted by Gasteiger charge is 1.92. The SMILES string of the molecule is CCN[C](C)[SiH2]C. The fourth-order valence-corrected chi connectivity index (χ4v) is 0.927. The van der Waals surface area contributed by atoms with Crippen LogP contribution < -0.4 is 5.32 Å². The fraction of sp³-hybridized carbons (Fsp3) is 0.800. The van der Waals surface area contributed by atoms with E-state index in [4.69, 9.17) is 0 Å². The lowest BCUT2D eigenvalue weighted by atomic mass is 10.7. The van der Waals surface area contributed by atoms with Crippen LogP contribution in [0.5, 0.6) is 0 Å². The molecular weight excluding hydrogens is 102 g/mol. The van der Waals surface area contributed by atoms with Crippen LogP contribution in [0.15, 0.2) is 0 Å². The van der Waals surface area contributed by atoms with Crippen molar-refractivity contribution in [2.45, 2.75) is 20.4 Å². The molecular formula is C5H14NSi. The van der Waals surface area contributed by atoms with Crippen LogP contribution in [0.2, 0.25) is 6.55 Å². The largest absolute Gasteiger partial charge is 0.314 e. The van der Waals surface area contributed by atoms with E-state index < -0.39 is 0 Å². The standard InChI is InChI=1S/C5H14NSi/c1-4-6-5(2)7-3/h6H,4,7H2,1-3H3. The van der Waals surface area contributed by atoms with E-state index in [1.54, 1.807) is 0 Å². The van der Waals surface area contributed by atoms with Crippen LogP contribution in [-0.4, -0.2) is 16.1 Å². The zero-order valence-corrected chi connectivity index (χ0v) is 6.83. The normalized spacial score (nSPS) is 12.0. The highest BCUT2D eigenvalue weighted by molar-refractivity contribution is 6.40. The number of rotatable bonds is 3. The van der Waals surface area contributed by atoms with Crippen molar-refractivity contribution >= 4 is 9.52 Å². The predicted molar refractivity (Wildman–Crippen MR) is 37.0 cm³/mol. The van der Waals surface area contributed by atoms with Gasteiger partial charge < -0.3 is 5.32 Å². The van der Waals surface area contributed by atoms with Crippen LogP contribution >= 0.6 is 0 Å². The van der Waals surface area contributed by atoms with Crippen molar-refractivity contribution in [2.24, 2.45) is 0 Å². The Kier molecular flexibility index (Phi) is 4.45. The topological polar surface area (TPSA) is 12.0 Å². The summed E-state index contributed by atoms with van der Waals surface area (Å²) in [6.45, 7) is 7.69. The average Bonchev–Trinajstić information content (AvgIpc) is 1.68. The van der Waals surface area contributed by atoms with E-state index in [-0.39, 0.29) is 9.52 Å². The van der Waals surface area contributed by atoms with E-state index in [9.17, 15) is 0 Å². The van der Waals surface area contributed by atoms with Gasteiger partial charge in [-0.05, 0) is 13.5 Å². The third kappa shape index (κ3) is 4.02. The van der Waals surface area contributed by atoms with Crippen molar-refractivity contribution in [1.82, 2.24) is 5.32 Å². The minimum atomic E-state index is 0.133. The monoisotopic (exact) mass is 116 g/mol. The third-order valence-electron chi connectivity index (χ3n) is 1.01. The molecule has 0 aromatic rings. The first-order valence-corrected chi connectivity index (χ1v) is 4.99. The maximum atomic E-state index is 3.27. The molecule has 0 aliphatic heterocycles. The molecule has 0 bridgehead atoms. The molecule has 0 aromatic carbocycles. The minimum Gasteiger partial charge on any atom is -0.314 e. The van der Waals surface area contributed by atoms with Crippen LogP contribution in [0.1, 0.15) is 13.8 Å². The molecule has 43 valence electrons. The van der Waals surface area contributed by atoms with Crippen LogP contribution in [0.25, 0.3) is 0 Å². The summed E-state index contributed by atoms with van der Waals surface area (Å²) in [5.74, 6) is 0. The Labute approximate surface area is 48.3 Å². The summed E-state index contributed by atoms with van der Waals surface area (Å²) in [6, 6.07) is 0. The highest BCUT2D eigenvalue weighted by Crippen LogP contribution is 1.84. The molecule has 0 saturated heterocycles. The minimum absolute atomic E-state index is 0.133. The highest BCUT2D eigenvalue weighted by atomic mass is 28.2. The molecule has 0 fully saturated rings. The molecule has 0 saturated carbocycles. The molecule has 0 rings (SSSR count). The zero-order chi connectivity index (χ0) is 5.70. The molecule has 0 aliphatic rings. The lowest BCUT2D eigenvalue weighted by Gasteiger charge is -2.04. The number of nitrogens with one attached hydrogen (secondary N) is 1. The third-order valence-corrected chi connectivity index (χ3v) is 2.32. The molecule has 0 spiro atoms. The molecule has 0 heterocycles. The van der Waals surface area contributed by atoms with Crippen molar-refractivity contribution in [2.75, 3.05) is 6.54 Å². The Morgan fingerprint density at radius 1 is 1.71 bits per heavy atom. The average molecular weight is 116 g/mol. The van der Waals surface area contributed by atoms with Gasteiger partial charge in [0.2, 0.25) is 0 Å². The van der Waals surface area contributed by atoms with Crippen molar-refractivity contribution in [3.63, 3.8) is 0 Å². The van der Waals surface area contributed by atoms with Crippen LogP contribution in [0.4, 0.5) is 0 Å². The molecule has 0 aliphatic carbocycles. The quantitative estimate of drug-likeness (QED) is 0.524. The summed E-state index contributed by atoms with van der Waals surface area (Å²) in [6.07, 6.45) is 0. The van der Waals surface area contributed by atoms with Crippen molar-refractivity contribution in [1.29, 1.82) is 0 Å². The molecule has 1 radical (unpaired) electrons. The van der Waals surface area contributed by atoms with Gasteiger partial charge in [-0.2, -0.15) is 0 Å². The predicted octanol–water partition coefficient (Wildman–Crippen LogP) is 0.322. The molecule has 0 atom stereocenters. The molecule has 0 amide bonds. The maximum Gasteiger partial charge on any atom is 0.0429 e. The van der Waals surface area contributed by atoms with Gasteiger partial charge in [0.25, 0.3) is 0 Å². The zero-order valence-electron chi connectivity index (χ0n) is 5.41. The Hall–Kier alpha value is 0.177. The van der Waals surface area contributed by atoms with Gasteiger partial charge in [0.05, 0.1) is 0 Å². The summed E-state index contributed by atoms with van der Waals surface area (Å²) in [4.78, 5) is 0. The Morgan fingerprint density at radius 3 is 2.43 bits per heavy atom. The van der Waals surface area contributed by atoms with E-state index in [0.717, 1.165) is 6.54 Å². The van der Waals surface area contributed by atoms with Crippen LogP contribution in [0.3, 0.4) is 0 Å². The second-order valence-electron chi connectivity index (χ2n) is 1.66. The van der Waals surface area contributed by atoms with Gasteiger partial charge in [-0.15, -0.1) is 0 Å². The first kappa shape index (κ1) is 7.18. The first-order valence-electron chi connectivity index (χ1n) is 2.87. The molecule has 0 aromatic heterocycles. The molecule has 2 heteroatoms. The molecule has 0 unspecified atom stereocenters. The Bertz CT molecular complexity index is 39.1. The summed E-state index contributed by atoms with van der Waals surface area (Å²) in [5, 5.41) is 3.27. The van der Waals surface area contributed by atoms with Crippen LogP contribution in [0, 0.1) is 5.67 Å². The molecule has 1 N–H and O–H groups in total. The van der Waals surface area contributed by atoms with E-state index in [2.05, 4.69) is 25.7 Å². The second-order valence-corrected chi connectivity index (χ2v) is 3.43. The maximum absolute atomic E-state index is 3.27. The van der Waals surface area contributed by atoms with Crippen LogP contribution in [-0.2, 0) is 0 Å². The lowest BCUT2D eigenvalue weighted by molar-refractivity contribution is 0.813. The van der Waals surface area contributed by atoms with E-state index in [1.807, 2.05) is 0 Å². The Morgan fingerprint density at radius 2 is 2.29 bits per heavy atom. The summed E-state index contributed by atoms with van der Waals surface area (Å²) in [5.41, 5.74) is 1.52. The van der Waals surface area contributed by atoms with E-state index in [1.165, 1.54) is 5.67 Å². The molecule has 1 nitrogen and oxygen atoms in total. The van der Waals surface area contributed by atoms with Crippen molar-refractivity contribution in [3.05, 3.63) is 5.67 Å². The van der Waals surface area contributed by atoms with Gasteiger partial charge >= 0.3 is 0 Å². The summed E-state index contributed by atoms with van der Waals surface area (Å²) in [7, 11) is 0.133. The number of hydrogen-bond donors (Lipinski definition) is 1. The van der Waals surface area contributed by atoms with Crippen molar-refractivity contribution in [3.8, 4) is 0 Å². The van der Waals surface area contributed by atoms with Gasteiger partial charge in [0.15, 0.2) is 0 Å². The second kappa shape index (κ2) is 4.34. The lowest BCUT2D eigenvalue weighted by Crippen LogP contribution is -2.21. The van der Waals surface area contributed by atoms with Gasteiger partial charge in [-0.3, -0.25) is 0 Å². The molecule has 7 heavy (non-hydrogen) atoms. The number of hydrogen-bond acceptors (Lipinski definition) is 1. The van der Waals surface area contributed by atoms with Gasteiger partial charge in [-0.25, -0.2) is 0 Å². The van der Waals surface area contributed by atoms with Gasteiger partial charge in [0.1, 0.15) is 0 Å².